The molecule has 2 heterocycles. The van der Waals surface area contributed by atoms with Crippen LogP contribution in [-0.2, 0) is 13.1 Å². The normalized spacial score (nSPS) is 11.4. The Labute approximate surface area is 133 Å². The molecule has 0 bridgehead atoms. The molecule has 1 aromatic carbocycles. The molecule has 0 radical (unpaired) electrons. The molecular weight excluding hydrogens is 302 g/mol. The highest BCUT2D eigenvalue weighted by atomic mass is 35.5. The van der Waals surface area contributed by atoms with Crippen LogP contribution in [0.5, 0.6) is 0 Å². The summed E-state index contributed by atoms with van der Waals surface area (Å²) in [7, 11) is 0. The topological polar surface area (TPSA) is 29.9 Å². The van der Waals surface area contributed by atoms with E-state index in [0.717, 1.165) is 30.4 Å². The summed E-state index contributed by atoms with van der Waals surface area (Å²) in [5, 5.41) is 9.86. The molecule has 0 atom stereocenters. The summed E-state index contributed by atoms with van der Waals surface area (Å²) in [5.74, 6) is 0. The fraction of sp³-hybridized carbons (Fsp3) is 0.312. The number of thiophene rings is 1. The predicted octanol–water partition coefficient (Wildman–Crippen LogP) is 4.22. The van der Waals surface area contributed by atoms with E-state index < -0.39 is 0 Å². The Morgan fingerprint density at radius 3 is 2.86 bits per heavy atom. The maximum absolute atomic E-state index is 6.12. The summed E-state index contributed by atoms with van der Waals surface area (Å²) in [6.45, 7) is 6.78. The van der Waals surface area contributed by atoms with Gasteiger partial charge in [0.25, 0.3) is 0 Å². The SMILES string of the molecule is CCNCc1sc2ccccc2c1Cn1ncc(Cl)c1C. The average Bonchev–Trinajstić information content (AvgIpc) is 3.00. The number of nitrogens with zero attached hydrogens (tertiary/aromatic N) is 2. The number of hydrogen-bond donors (Lipinski definition) is 1. The molecule has 2 aromatic heterocycles. The molecule has 3 rings (SSSR count). The first kappa shape index (κ1) is 14.6. The summed E-state index contributed by atoms with van der Waals surface area (Å²) >= 11 is 7.98. The van der Waals surface area contributed by atoms with Gasteiger partial charge in [-0.1, -0.05) is 36.7 Å². The molecule has 0 aliphatic rings. The number of nitrogens with one attached hydrogen (secondary N) is 1. The second kappa shape index (κ2) is 6.18. The molecule has 0 fully saturated rings. The van der Waals surface area contributed by atoms with Crippen molar-refractivity contribution < 1.29 is 0 Å². The first-order valence-electron chi connectivity index (χ1n) is 7.08. The van der Waals surface area contributed by atoms with Crippen molar-refractivity contribution in [2.24, 2.45) is 0 Å². The molecule has 3 aromatic rings. The fourth-order valence-corrected chi connectivity index (χ4v) is 3.76. The summed E-state index contributed by atoms with van der Waals surface area (Å²) < 4.78 is 3.31. The van der Waals surface area contributed by atoms with Crippen molar-refractivity contribution in [1.82, 2.24) is 15.1 Å². The minimum absolute atomic E-state index is 0.725. The van der Waals surface area contributed by atoms with Gasteiger partial charge < -0.3 is 5.32 Å². The van der Waals surface area contributed by atoms with Crippen LogP contribution in [0.2, 0.25) is 5.02 Å². The van der Waals surface area contributed by atoms with Crippen LogP contribution in [0.1, 0.15) is 23.1 Å². The van der Waals surface area contributed by atoms with Crippen LogP contribution in [0, 0.1) is 6.92 Å². The van der Waals surface area contributed by atoms with E-state index in [1.54, 1.807) is 6.20 Å². The van der Waals surface area contributed by atoms with Crippen LogP contribution in [0.4, 0.5) is 0 Å². The van der Waals surface area contributed by atoms with Crippen molar-refractivity contribution in [3.63, 3.8) is 0 Å². The Hall–Kier alpha value is -1.36. The number of fused-ring (bicyclic) bond motifs is 1. The van der Waals surface area contributed by atoms with E-state index in [1.807, 2.05) is 22.9 Å². The molecule has 0 amide bonds. The zero-order chi connectivity index (χ0) is 14.8. The molecule has 0 saturated carbocycles. The zero-order valence-electron chi connectivity index (χ0n) is 12.2. The van der Waals surface area contributed by atoms with Crippen LogP contribution < -0.4 is 5.32 Å². The van der Waals surface area contributed by atoms with Gasteiger partial charge in [0.15, 0.2) is 0 Å². The van der Waals surface area contributed by atoms with Gasteiger partial charge in [0.1, 0.15) is 0 Å². The van der Waals surface area contributed by atoms with Gasteiger partial charge in [-0.15, -0.1) is 11.3 Å². The van der Waals surface area contributed by atoms with E-state index in [4.69, 9.17) is 11.6 Å². The van der Waals surface area contributed by atoms with Gasteiger partial charge in [-0.25, -0.2) is 0 Å². The third kappa shape index (κ3) is 2.84. The average molecular weight is 320 g/mol. The molecule has 21 heavy (non-hydrogen) atoms. The summed E-state index contributed by atoms with van der Waals surface area (Å²) in [5.41, 5.74) is 2.36. The van der Waals surface area contributed by atoms with Crippen LogP contribution in [0.3, 0.4) is 0 Å². The second-order valence-corrected chi connectivity index (χ2v) is 6.56. The third-order valence-corrected chi connectivity index (χ3v) is 5.25. The van der Waals surface area contributed by atoms with Gasteiger partial charge in [-0.05, 0) is 30.5 Å². The Morgan fingerprint density at radius 1 is 1.33 bits per heavy atom. The Kier molecular flexibility index (Phi) is 4.29. The van der Waals surface area contributed by atoms with E-state index >= 15 is 0 Å². The molecule has 0 unspecified atom stereocenters. The lowest BCUT2D eigenvalue weighted by molar-refractivity contribution is 0.657. The molecular formula is C16H18ClN3S. The lowest BCUT2D eigenvalue weighted by Crippen LogP contribution is -2.13. The van der Waals surface area contributed by atoms with Gasteiger partial charge in [0.05, 0.1) is 23.5 Å². The Balaban J connectivity index is 2.04. The molecule has 0 aliphatic heterocycles. The Bertz CT molecular complexity index is 760. The fourth-order valence-electron chi connectivity index (χ4n) is 2.44. The molecule has 1 N–H and O–H groups in total. The number of rotatable bonds is 5. The van der Waals surface area contributed by atoms with E-state index in [0.29, 0.717) is 0 Å². The first-order valence-corrected chi connectivity index (χ1v) is 8.28. The minimum Gasteiger partial charge on any atom is -0.312 e. The van der Waals surface area contributed by atoms with Crippen LogP contribution in [-0.4, -0.2) is 16.3 Å². The van der Waals surface area contributed by atoms with Crippen LogP contribution in [0.15, 0.2) is 30.5 Å². The Morgan fingerprint density at radius 2 is 2.14 bits per heavy atom. The van der Waals surface area contributed by atoms with Crippen molar-refractivity contribution in [2.45, 2.75) is 26.9 Å². The summed E-state index contributed by atoms with van der Waals surface area (Å²) in [6.07, 6.45) is 1.72. The molecule has 3 nitrogen and oxygen atoms in total. The van der Waals surface area contributed by atoms with Gasteiger partial charge in [-0.2, -0.15) is 5.10 Å². The van der Waals surface area contributed by atoms with Crippen molar-refractivity contribution in [1.29, 1.82) is 0 Å². The van der Waals surface area contributed by atoms with E-state index in [1.165, 1.54) is 20.5 Å². The molecule has 0 saturated heterocycles. The highest BCUT2D eigenvalue weighted by Crippen LogP contribution is 2.32. The van der Waals surface area contributed by atoms with Gasteiger partial charge >= 0.3 is 0 Å². The van der Waals surface area contributed by atoms with Crippen LogP contribution in [0.25, 0.3) is 10.1 Å². The quantitative estimate of drug-likeness (QED) is 0.763. The van der Waals surface area contributed by atoms with Crippen LogP contribution >= 0.6 is 22.9 Å². The van der Waals surface area contributed by atoms with Gasteiger partial charge in [0.2, 0.25) is 0 Å². The van der Waals surface area contributed by atoms with Crippen molar-refractivity contribution >= 4 is 33.0 Å². The van der Waals surface area contributed by atoms with E-state index in [2.05, 4.69) is 41.6 Å². The molecule has 110 valence electrons. The standard InChI is InChI=1S/C16H18ClN3S/c1-3-18-9-16-13(10-20-11(2)14(17)8-19-20)12-6-4-5-7-15(12)21-16/h4-8,18H,3,9-10H2,1-2H3. The van der Waals surface area contributed by atoms with Crippen molar-refractivity contribution in [3.8, 4) is 0 Å². The number of halogens is 1. The number of benzene rings is 1. The van der Waals surface area contributed by atoms with E-state index in [9.17, 15) is 0 Å². The largest absolute Gasteiger partial charge is 0.312 e. The lowest BCUT2D eigenvalue weighted by atomic mass is 10.1. The second-order valence-electron chi connectivity index (χ2n) is 5.02. The number of aromatic nitrogens is 2. The smallest absolute Gasteiger partial charge is 0.0815 e. The zero-order valence-corrected chi connectivity index (χ0v) is 13.8. The number of hydrogen-bond acceptors (Lipinski definition) is 3. The lowest BCUT2D eigenvalue weighted by Gasteiger charge is -2.08. The summed E-state index contributed by atoms with van der Waals surface area (Å²) in [4.78, 5) is 1.38. The van der Waals surface area contributed by atoms with Gasteiger partial charge in [0, 0.05) is 16.1 Å². The summed E-state index contributed by atoms with van der Waals surface area (Å²) in [6, 6.07) is 8.56. The highest BCUT2D eigenvalue weighted by molar-refractivity contribution is 7.19. The molecule has 0 spiro atoms. The maximum Gasteiger partial charge on any atom is 0.0815 e. The monoisotopic (exact) mass is 319 g/mol. The van der Waals surface area contributed by atoms with Crippen molar-refractivity contribution in [2.75, 3.05) is 6.54 Å². The van der Waals surface area contributed by atoms with E-state index in [-0.39, 0.29) is 0 Å². The minimum atomic E-state index is 0.725. The van der Waals surface area contributed by atoms with Gasteiger partial charge in [-0.3, -0.25) is 4.68 Å². The predicted molar refractivity (Wildman–Crippen MR) is 90.3 cm³/mol. The maximum atomic E-state index is 6.12. The highest BCUT2D eigenvalue weighted by Gasteiger charge is 2.14. The first-order chi connectivity index (χ1) is 10.2. The third-order valence-electron chi connectivity index (χ3n) is 3.67. The molecule has 5 heteroatoms. The molecule has 0 aliphatic carbocycles. The van der Waals surface area contributed by atoms with Crippen molar-refractivity contribution in [3.05, 3.63) is 51.6 Å².